The Balaban J connectivity index is 2.50. The highest BCUT2D eigenvalue weighted by molar-refractivity contribution is 7.92. The van der Waals surface area contributed by atoms with Crippen LogP contribution in [0.3, 0.4) is 0 Å². The van der Waals surface area contributed by atoms with E-state index < -0.39 is 21.1 Å². The first-order chi connectivity index (χ1) is 7.43. The maximum absolute atomic E-state index is 11.9. The molecule has 1 aromatic rings. The molecular formula is C10H9ClO4S. The molecular weight excluding hydrogens is 252 g/mol. The molecule has 1 aliphatic rings. The maximum Gasteiger partial charge on any atom is 0.304 e. The highest BCUT2D eigenvalue weighted by Gasteiger charge is 2.39. The van der Waals surface area contributed by atoms with Gasteiger partial charge in [-0.25, -0.2) is 8.42 Å². The molecule has 1 N–H and O–H groups in total. The molecule has 0 fully saturated rings. The van der Waals surface area contributed by atoms with Crippen LogP contribution in [0, 0.1) is 0 Å². The second-order valence-electron chi connectivity index (χ2n) is 3.69. The van der Waals surface area contributed by atoms with Crippen LogP contribution in [0.4, 0.5) is 0 Å². The zero-order valence-electron chi connectivity index (χ0n) is 8.18. The topological polar surface area (TPSA) is 71.4 Å². The minimum atomic E-state index is -3.53. The van der Waals surface area contributed by atoms with E-state index in [2.05, 4.69) is 0 Å². The van der Waals surface area contributed by atoms with Gasteiger partial charge in [0.25, 0.3) is 0 Å². The highest BCUT2D eigenvalue weighted by Crippen LogP contribution is 2.36. The Hall–Kier alpha value is -1.07. The Morgan fingerprint density at radius 2 is 2.19 bits per heavy atom. The number of carboxylic acid groups (broad SMARTS) is 1. The van der Waals surface area contributed by atoms with Crippen LogP contribution in [0.1, 0.15) is 12.0 Å². The van der Waals surface area contributed by atoms with Gasteiger partial charge in [0.15, 0.2) is 9.84 Å². The molecule has 0 aliphatic carbocycles. The fourth-order valence-corrected chi connectivity index (χ4v) is 4.12. The summed E-state index contributed by atoms with van der Waals surface area (Å²) >= 11 is 5.89. The summed E-state index contributed by atoms with van der Waals surface area (Å²) in [5, 5.41) is 8.15. The molecule has 1 heterocycles. The number of fused-ring (bicyclic) bond motifs is 1. The minimum absolute atomic E-state index is 0.172. The van der Waals surface area contributed by atoms with Crippen molar-refractivity contribution in [1.29, 1.82) is 0 Å². The molecule has 0 bridgehead atoms. The maximum atomic E-state index is 11.9. The van der Waals surface area contributed by atoms with E-state index in [1.165, 1.54) is 6.07 Å². The highest BCUT2D eigenvalue weighted by atomic mass is 35.5. The van der Waals surface area contributed by atoms with Crippen LogP contribution >= 0.6 is 11.6 Å². The van der Waals surface area contributed by atoms with Gasteiger partial charge in [-0.3, -0.25) is 4.79 Å². The predicted octanol–water partition coefficient (Wildman–Crippen LogP) is 1.51. The summed E-state index contributed by atoms with van der Waals surface area (Å²) in [7, 11) is -3.53. The van der Waals surface area contributed by atoms with E-state index in [0.717, 1.165) is 0 Å². The average molecular weight is 261 g/mol. The van der Waals surface area contributed by atoms with Gasteiger partial charge in [0, 0.05) is 5.02 Å². The van der Waals surface area contributed by atoms with Crippen molar-refractivity contribution in [2.45, 2.75) is 23.0 Å². The summed E-state index contributed by atoms with van der Waals surface area (Å²) in [6.07, 6.45) is -0.197. The summed E-state index contributed by atoms with van der Waals surface area (Å²) in [5.74, 6) is -1.11. The first-order valence-electron chi connectivity index (χ1n) is 4.66. The molecule has 1 unspecified atom stereocenters. The first kappa shape index (κ1) is 11.4. The van der Waals surface area contributed by atoms with Crippen LogP contribution in [0.2, 0.25) is 5.02 Å². The molecule has 0 amide bonds. The molecule has 0 spiro atoms. The van der Waals surface area contributed by atoms with Crippen molar-refractivity contribution < 1.29 is 18.3 Å². The van der Waals surface area contributed by atoms with Crippen molar-refractivity contribution in [3.8, 4) is 0 Å². The van der Waals surface area contributed by atoms with E-state index >= 15 is 0 Å². The Morgan fingerprint density at radius 1 is 1.50 bits per heavy atom. The summed E-state index contributed by atoms with van der Waals surface area (Å²) in [4.78, 5) is 10.8. The van der Waals surface area contributed by atoms with Crippen molar-refractivity contribution in [2.24, 2.45) is 0 Å². The van der Waals surface area contributed by atoms with Gasteiger partial charge in [-0.15, -0.1) is 0 Å². The molecule has 0 radical (unpaired) electrons. The number of carboxylic acids is 1. The number of benzene rings is 1. The quantitative estimate of drug-likeness (QED) is 0.875. The van der Waals surface area contributed by atoms with Gasteiger partial charge in [0.05, 0.1) is 16.6 Å². The lowest BCUT2D eigenvalue weighted by Crippen LogP contribution is -2.20. The van der Waals surface area contributed by atoms with Gasteiger partial charge in [-0.05, 0) is 24.1 Å². The molecule has 1 aliphatic heterocycles. The summed E-state index contributed by atoms with van der Waals surface area (Å²) < 4.78 is 23.9. The summed E-state index contributed by atoms with van der Waals surface area (Å²) in [6, 6.07) is 4.64. The lowest BCUT2D eigenvalue weighted by Gasteiger charge is -2.04. The van der Waals surface area contributed by atoms with Crippen molar-refractivity contribution >= 4 is 27.4 Å². The number of sulfone groups is 1. The van der Waals surface area contributed by atoms with Gasteiger partial charge in [0.1, 0.15) is 0 Å². The van der Waals surface area contributed by atoms with E-state index in [0.29, 0.717) is 10.6 Å². The van der Waals surface area contributed by atoms with E-state index in [1.54, 1.807) is 12.1 Å². The lowest BCUT2D eigenvalue weighted by molar-refractivity contribution is -0.137. The van der Waals surface area contributed by atoms with E-state index in [4.69, 9.17) is 16.7 Å². The van der Waals surface area contributed by atoms with E-state index in [1.807, 2.05) is 0 Å². The third kappa shape index (κ3) is 1.70. The number of hydrogen-bond donors (Lipinski definition) is 1. The molecule has 2 rings (SSSR count). The first-order valence-corrected chi connectivity index (χ1v) is 6.58. The fourth-order valence-electron chi connectivity index (χ4n) is 1.90. The van der Waals surface area contributed by atoms with Crippen molar-refractivity contribution in [2.75, 3.05) is 0 Å². The van der Waals surface area contributed by atoms with Crippen LogP contribution in [0.15, 0.2) is 23.1 Å². The van der Waals surface area contributed by atoms with Crippen LogP contribution in [-0.2, 0) is 21.1 Å². The number of aliphatic carboxylic acids is 1. The van der Waals surface area contributed by atoms with Crippen molar-refractivity contribution in [1.82, 2.24) is 0 Å². The van der Waals surface area contributed by atoms with Crippen LogP contribution < -0.4 is 0 Å². The van der Waals surface area contributed by atoms with Crippen LogP contribution in [0.25, 0.3) is 0 Å². The molecule has 86 valence electrons. The molecule has 0 aromatic heterocycles. The number of carbonyl (C=O) groups is 1. The van der Waals surface area contributed by atoms with Gasteiger partial charge < -0.3 is 5.11 Å². The number of hydrogen-bond acceptors (Lipinski definition) is 3. The summed E-state index contributed by atoms with van der Waals surface area (Å²) in [5.41, 5.74) is 0.537. The monoisotopic (exact) mass is 260 g/mol. The zero-order chi connectivity index (χ0) is 11.9. The molecule has 4 nitrogen and oxygen atoms in total. The van der Waals surface area contributed by atoms with Gasteiger partial charge >= 0.3 is 5.97 Å². The number of halogens is 1. The lowest BCUT2D eigenvalue weighted by atomic mass is 10.1. The molecule has 16 heavy (non-hydrogen) atoms. The van der Waals surface area contributed by atoms with E-state index in [-0.39, 0.29) is 17.7 Å². The van der Waals surface area contributed by atoms with Gasteiger partial charge in [-0.2, -0.15) is 0 Å². The molecule has 1 aromatic carbocycles. The predicted molar refractivity (Wildman–Crippen MR) is 58.4 cm³/mol. The smallest absolute Gasteiger partial charge is 0.304 e. The number of rotatable bonds is 2. The Labute approximate surface area is 97.8 Å². The Kier molecular flexibility index (Phi) is 2.67. The molecule has 0 saturated heterocycles. The van der Waals surface area contributed by atoms with Crippen molar-refractivity contribution in [3.63, 3.8) is 0 Å². The third-order valence-electron chi connectivity index (χ3n) is 2.66. The molecule has 0 saturated carbocycles. The van der Waals surface area contributed by atoms with Gasteiger partial charge in [0.2, 0.25) is 0 Å². The third-order valence-corrected chi connectivity index (χ3v) is 5.22. The van der Waals surface area contributed by atoms with Crippen LogP contribution in [0.5, 0.6) is 0 Å². The molecule has 1 atom stereocenters. The second-order valence-corrected chi connectivity index (χ2v) is 6.29. The Morgan fingerprint density at radius 3 is 2.75 bits per heavy atom. The minimum Gasteiger partial charge on any atom is -0.481 e. The van der Waals surface area contributed by atoms with Crippen molar-refractivity contribution in [3.05, 3.63) is 28.8 Å². The zero-order valence-corrected chi connectivity index (χ0v) is 9.75. The average Bonchev–Trinajstić information content (AvgIpc) is 2.41. The fraction of sp³-hybridized carbons (Fsp3) is 0.300. The normalized spacial score (nSPS) is 21.7. The SMILES string of the molecule is O=C(O)CC1Cc2c(Cl)cccc2S1(=O)=O. The second kappa shape index (κ2) is 3.75. The standard InChI is InChI=1S/C10H9ClO4S/c11-8-2-1-3-9-7(8)4-6(5-10(12)13)16(9,14)15/h1-3,6H,4-5H2,(H,12,13). The largest absolute Gasteiger partial charge is 0.481 e. The van der Waals surface area contributed by atoms with E-state index in [9.17, 15) is 13.2 Å². The van der Waals surface area contributed by atoms with Gasteiger partial charge in [-0.1, -0.05) is 17.7 Å². The summed E-state index contributed by atoms with van der Waals surface area (Å²) in [6.45, 7) is 0. The Bertz CT molecular complexity index is 550. The van der Waals surface area contributed by atoms with Crippen LogP contribution in [-0.4, -0.2) is 24.7 Å². The molecule has 6 heteroatoms.